The predicted octanol–water partition coefficient (Wildman–Crippen LogP) is 4.83. The van der Waals surface area contributed by atoms with Crippen LogP contribution < -0.4 is 0 Å². The first-order chi connectivity index (χ1) is 12.3. The standard InChI is InChI=1S/C21H35NO3S/c1-5-7-8-9-11-17(10-6-2)21(23)22-20-14-18(16(3)4)12-13-19(20)15-26(22,24)25/h6,17,19-20H,2,5,7-15H2,1,3-4H3/t17-,19?,20?/m1/s1. The van der Waals surface area contributed by atoms with Gasteiger partial charge in [0.05, 0.1) is 11.8 Å². The number of rotatable bonds is 8. The lowest BCUT2D eigenvalue weighted by molar-refractivity contribution is -0.132. The summed E-state index contributed by atoms with van der Waals surface area (Å²) < 4.78 is 26.9. The number of carbonyl (C=O) groups is 1. The summed E-state index contributed by atoms with van der Waals surface area (Å²) in [6, 6.07) is -0.172. The number of unbranched alkanes of at least 4 members (excludes halogenated alkanes) is 3. The zero-order valence-electron chi connectivity index (χ0n) is 16.7. The predicted molar refractivity (Wildman–Crippen MR) is 107 cm³/mol. The second kappa shape index (κ2) is 9.20. The van der Waals surface area contributed by atoms with Gasteiger partial charge in [-0.2, -0.15) is 0 Å². The van der Waals surface area contributed by atoms with Gasteiger partial charge in [0, 0.05) is 5.92 Å². The monoisotopic (exact) mass is 381 g/mol. The number of hydrogen-bond acceptors (Lipinski definition) is 3. The fourth-order valence-electron chi connectivity index (χ4n) is 4.39. The zero-order chi connectivity index (χ0) is 19.3. The highest BCUT2D eigenvalue weighted by molar-refractivity contribution is 7.89. The molecule has 2 aliphatic rings. The van der Waals surface area contributed by atoms with E-state index in [1.165, 1.54) is 15.5 Å². The summed E-state index contributed by atoms with van der Waals surface area (Å²) in [6.45, 7) is 10.1. The van der Waals surface area contributed by atoms with Crippen molar-refractivity contribution in [3.63, 3.8) is 0 Å². The molecule has 26 heavy (non-hydrogen) atoms. The number of allylic oxidation sites excluding steroid dienone is 2. The molecule has 2 rings (SSSR count). The Balaban J connectivity index is 2.19. The average Bonchev–Trinajstić information content (AvgIpc) is 2.85. The molecule has 2 fully saturated rings. The van der Waals surface area contributed by atoms with Crippen molar-refractivity contribution < 1.29 is 13.2 Å². The molecule has 0 aromatic heterocycles. The lowest BCUT2D eigenvalue weighted by atomic mass is 9.81. The molecule has 4 nitrogen and oxygen atoms in total. The van der Waals surface area contributed by atoms with Crippen LogP contribution in [0.3, 0.4) is 0 Å². The first-order valence-electron chi connectivity index (χ1n) is 10.1. The zero-order valence-corrected chi connectivity index (χ0v) is 17.5. The summed E-state index contributed by atoms with van der Waals surface area (Å²) in [4.78, 5) is 13.2. The average molecular weight is 382 g/mol. The first kappa shape index (κ1) is 21.2. The van der Waals surface area contributed by atoms with Crippen molar-refractivity contribution in [3.8, 4) is 0 Å². The van der Waals surface area contributed by atoms with Crippen LogP contribution in [0.1, 0.15) is 78.6 Å². The van der Waals surface area contributed by atoms with E-state index in [9.17, 15) is 13.2 Å². The van der Waals surface area contributed by atoms with Crippen molar-refractivity contribution in [3.05, 3.63) is 23.8 Å². The van der Waals surface area contributed by atoms with E-state index in [0.717, 1.165) is 44.9 Å². The van der Waals surface area contributed by atoms with Crippen LogP contribution >= 0.6 is 0 Å². The molecule has 0 N–H and O–H groups in total. The van der Waals surface area contributed by atoms with Gasteiger partial charge in [-0.25, -0.2) is 12.7 Å². The Morgan fingerprint density at radius 1 is 1.31 bits per heavy atom. The molecule has 0 bridgehead atoms. The highest BCUT2D eigenvalue weighted by Gasteiger charge is 2.50. The van der Waals surface area contributed by atoms with E-state index in [-0.39, 0.29) is 29.5 Å². The SMILES string of the molecule is C=CC[C@H](CCCCCC)C(=O)N1C2CC(=C(C)C)CCC2CS1(=O)=O. The third kappa shape index (κ3) is 4.79. The number of fused-ring (bicyclic) bond motifs is 1. The summed E-state index contributed by atoms with van der Waals surface area (Å²) >= 11 is 0. The molecule has 1 amide bonds. The van der Waals surface area contributed by atoms with Crippen molar-refractivity contribution >= 4 is 15.9 Å². The quantitative estimate of drug-likeness (QED) is 0.447. The second-order valence-electron chi connectivity index (χ2n) is 8.16. The minimum absolute atomic E-state index is 0.0940. The van der Waals surface area contributed by atoms with Crippen molar-refractivity contribution in [2.45, 2.75) is 84.6 Å². The van der Waals surface area contributed by atoms with Crippen molar-refractivity contribution in [2.24, 2.45) is 11.8 Å². The van der Waals surface area contributed by atoms with Gasteiger partial charge in [-0.1, -0.05) is 49.8 Å². The van der Waals surface area contributed by atoms with Crippen LogP contribution in [0, 0.1) is 11.8 Å². The number of carbonyl (C=O) groups excluding carboxylic acids is 1. The van der Waals surface area contributed by atoms with Crippen LogP contribution in [0.25, 0.3) is 0 Å². The van der Waals surface area contributed by atoms with E-state index >= 15 is 0 Å². The number of sulfonamides is 1. The molecule has 1 saturated carbocycles. The van der Waals surface area contributed by atoms with E-state index in [2.05, 4.69) is 27.4 Å². The molecule has 2 unspecified atom stereocenters. The van der Waals surface area contributed by atoms with E-state index < -0.39 is 10.0 Å². The van der Waals surface area contributed by atoms with E-state index in [0.29, 0.717) is 12.8 Å². The summed E-state index contributed by atoms with van der Waals surface area (Å²) in [5.74, 6) is -0.216. The maximum Gasteiger partial charge on any atom is 0.239 e. The van der Waals surface area contributed by atoms with Crippen LogP contribution in [-0.4, -0.2) is 30.4 Å². The van der Waals surface area contributed by atoms with Gasteiger partial charge in [0.15, 0.2) is 0 Å². The maximum atomic E-state index is 13.2. The molecular formula is C21H35NO3S. The molecule has 1 aliphatic heterocycles. The van der Waals surface area contributed by atoms with Crippen molar-refractivity contribution in [2.75, 3.05) is 5.75 Å². The summed E-state index contributed by atoms with van der Waals surface area (Å²) in [6.07, 6.45) is 10.00. The summed E-state index contributed by atoms with van der Waals surface area (Å²) in [5.41, 5.74) is 2.59. The molecule has 0 spiro atoms. The lowest BCUT2D eigenvalue weighted by Crippen LogP contribution is -2.44. The Morgan fingerprint density at radius 3 is 2.65 bits per heavy atom. The minimum Gasteiger partial charge on any atom is -0.273 e. The first-order valence-corrected chi connectivity index (χ1v) is 11.7. The number of nitrogens with zero attached hydrogens (tertiary/aromatic N) is 1. The molecule has 1 saturated heterocycles. The number of hydrogen-bond donors (Lipinski definition) is 0. The normalized spacial score (nSPS) is 25.7. The highest BCUT2D eigenvalue weighted by atomic mass is 32.2. The smallest absolute Gasteiger partial charge is 0.239 e. The molecule has 1 aliphatic carbocycles. The maximum absolute atomic E-state index is 13.2. The third-order valence-corrected chi connectivity index (χ3v) is 7.87. The Kier molecular flexibility index (Phi) is 7.51. The van der Waals surface area contributed by atoms with Gasteiger partial charge in [0.25, 0.3) is 0 Å². The van der Waals surface area contributed by atoms with Crippen LogP contribution in [-0.2, 0) is 14.8 Å². The van der Waals surface area contributed by atoms with Gasteiger partial charge in [-0.3, -0.25) is 4.79 Å². The Labute approximate surface area is 159 Å². The van der Waals surface area contributed by atoms with Gasteiger partial charge < -0.3 is 0 Å². The summed E-state index contributed by atoms with van der Waals surface area (Å²) in [5, 5.41) is 0. The largest absolute Gasteiger partial charge is 0.273 e. The second-order valence-corrected chi connectivity index (χ2v) is 10.0. The molecular weight excluding hydrogens is 346 g/mol. The van der Waals surface area contributed by atoms with Gasteiger partial charge in [-0.15, -0.1) is 6.58 Å². The highest BCUT2D eigenvalue weighted by Crippen LogP contribution is 2.41. The Hall–Kier alpha value is -1.10. The lowest BCUT2D eigenvalue weighted by Gasteiger charge is -2.33. The molecule has 0 radical (unpaired) electrons. The van der Waals surface area contributed by atoms with Crippen LogP contribution in [0.2, 0.25) is 0 Å². The van der Waals surface area contributed by atoms with E-state index in [1.54, 1.807) is 6.08 Å². The van der Waals surface area contributed by atoms with Crippen LogP contribution in [0.15, 0.2) is 23.8 Å². The molecule has 1 heterocycles. The molecule has 0 aromatic rings. The number of amides is 1. The van der Waals surface area contributed by atoms with Crippen LogP contribution in [0.4, 0.5) is 0 Å². The molecule has 0 aromatic carbocycles. The third-order valence-electron chi connectivity index (χ3n) is 5.97. The van der Waals surface area contributed by atoms with E-state index in [1.807, 2.05) is 0 Å². The molecule has 5 heteroatoms. The Bertz CT molecular complexity index is 646. The summed E-state index contributed by atoms with van der Waals surface area (Å²) in [7, 11) is -3.49. The van der Waals surface area contributed by atoms with Crippen molar-refractivity contribution in [1.29, 1.82) is 0 Å². The van der Waals surface area contributed by atoms with Gasteiger partial charge in [0.1, 0.15) is 0 Å². The minimum atomic E-state index is -3.49. The van der Waals surface area contributed by atoms with Crippen molar-refractivity contribution in [1.82, 2.24) is 4.31 Å². The van der Waals surface area contributed by atoms with Gasteiger partial charge in [-0.05, 0) is 51.9 Å². The fourth-order valence-corrected chi connectivity index (χ4v) is 6.57. The topological polar surface area (TPSA) is 54.5 Å². The van der Waals surface area contributed by atoms with E-state index in [4.69, 9.17) is 0 Å². The molecule has 148 valence electrons. The fraction of sp³-hybridized carbons (Fsp3) is 0.762. The van der Waals surface area contributed by atoms with Gasteiger partial charge >= 0.3 is 0 Å². The van der Waals surface area contributed by atoms with Crippen LogP contribution in [0.5, 0.6) is 0 Å². The Morgan fingerprint density at radius 2 is 2.04 bits per heavy atom. The molecule has 3 atom stereocenters. The van der Waals surface area contributed by atoms with Gasteiger partial charge in [0.2, 0.25) is 15.9 Å².